The van der Waals surface area contributed by atoms with Crippen molar-refractivity contribution in [3.63, 3.8) is 0 Å². The van der Waals surface area contributed by atoms with E-state index < -0.39 is 0 Å². The number of benzene rings is 1. The first-order valence-corrected chi connectivity index (χ1v) is 14.5. The van der Waals surface area contributed by atoms with Crippen LogP contribution in [0.25, 0.3) is 11.1 Å². The molecule has 0 bridgehead atoms. The summed E-state index contributed by atoms with van der Waals surface area (Å²) in [6.07, 6.45) is 10.5. The van der Waals surface area contributed by atoms with E-state index in [-0.39, 0.29) is 11.7 Å². The number of pyridine rings is 1. The first-order valence-electron chi connectivity index (χ1n) is 14.5. The summed E-state index contributed by atoms with van der Waals surface area (Å²) < 4.78 is 4.76. The molecular formula is C33H51N5O3. The van der Waals surface area contributed by atoms with E-state index in [2.05, 4.69) is 28.2 Å². The molecule has 1 aliphatic rings. The van der Waals surface area contributed by atoms with E-state index in [1.165, 1.54) is 5.57 Å². The molecule has 1 amide bonds. The molecule has 8 heteroatoms. The monoisotopic (exact) mass is 565 g/mol. The number of aromatic hydroxyl groups is 1. The summed E-state index contributed by atoms with van der Waals surface area (Å²) in [5.74, 6) is 1.63. The summed E-state index contributed by atoms with van der Waals surface area (Å²) in [6, 6.07) is 7.26. The zero-order valence-corrected chi connectivity index (χ0v) is 26.3. The number of aromatic nitrogens is 1. The summed E-state index contributed by atoms with van der Waals surface area (Å²) in [5.41, 5.74) is 9.97. The molecule has 2 aromatic rings. The largest absolute Gasteiger partial charge is 0.507 e. The van der Waals surface area contributed by atoms with Gasteiger partial charge in [-0.25, -0.2) is 4.98 Å². The standard InChI is InChI=1S/C26H35N5O2.C5H10O.C2H6/c1-4-19(3)8-10-28-25-20(5-2)16-22(18-29-25)21-6-7-24(32)23(17-21)26(33)31-14-12-30(11-9-27)13-15-31;1-4-5(2)6-3;1-2/h4,6-8,10,16-18,32H,5,9,11-15,27H2,1-3H3,(H,28,29);4H,1-3H3;1-2H3/b10-8+,19-4+;5-4+;. The number of rotatable bonds is 9. The average molecular weight is 566 g/mol. The molecule has 0 radical (unpaired) electrons. The van der Waals surface area contributed by atoms with Crippen LogP contribution in [0.2, 0.25) is 0 Å². The molecule has 226 valence electrons. The minimum atomic E-state index is -0.145. The molecule has 1 fully saturated rings. The predicted molar refractivity (Wildman–Crippen MR) is 172 cm³/mol. The van der Waals surface area contributed by atoms with Gasteiger partial charge in [0, 0.05) is 57.2 Å². The molecule has 0 unspecified atom stereocenters. The fourth-order valence-electron chi connectivity index (χ4n) is 3.95. The highest BCUT2D eigenvalue weighted by atomic mass is 16.5. The summed E-state index contributed by atoms with van der Waals surface area (Å²) in [6.45, 7) is 18.3. The van der Waals surface area contributed by atoms with Gasteiger partial charge in [-0.2, -0.15) is 0 Å². The second kappa shape index (κ2) is 19.5. The molecule has 1 aliphatic heterocycles. The Hall–Kier alpha value is -3.62. The van der Waals surface area contributed by atoms with Crippen LogP contribution in [0.5, 0.6) is 5.75 Å². The molecule has 0 spiro atoms. The van der Waals surface area contributed by atoms with Gasteiger partial charge in [0.1, 0.15) is 11.6 Å². The van der Waals surface area contributed by atoms with E-state index in [1.807, 2.05) is 72.0 Å². The van der Waals surface area contributed by atoms with E-state index in [1.54, 1.807) is 30.3 Å². The van der Waals surface area contributed by atoms with Crippen LogP contribution < -0.4 is 11.1 Å². The van der Waals surface area contributed by atoms with Gasteiger partial charge >= 0.3 is 0 Å². The minimum absolute atomic E-state index is 0.000385. The zero-order chi connectivity index (χ0) is 30.8. The molecule has 41 heavy (non-hydrogen) atoms. The SMILES string of the molecule is C/C=C(C)/C=C/Nc1ncc(-c2ccc(O)c(C(=O)N3CCN(CCN)CC3)c2)cc1CC.C/C=C(\C)OC.CC. The van der Waals surface area contributed by atoms with Gasteiger partial charge in [-0.1, -0.05) is 44.6 Å². The number of nitrogens with zero attached hydrogens (tertiary/aromatic N) is 3. The van der Waals surface area contributed by atoms with Gasteiger partial charge in [0.25, 0.3) is 5.91 Å². The molecule has 1 aromatic carbocycles. The van der Waals surface area contributed by atoms with Gasteiger partial charge in [-0.15, -0.1) is 0 Å². The predicted octanol–water partition coefficient (Wildman–Crippen LogP) is 6.21. The van der Waals surface area contributed by atoms with Gasteiger partial charge < -0.3 is 25.8 Å². The lowest BCUT2D eigenvalue weighted by atomic mass is 10.0. The van der Waals surface area contributed by atoms with Crippen molar-refractivity contribution in [1.29, 1.82) is 0 Å². The van der Waals surface area contributed by atoms with Crippen molar-refractivity contribution in [2.24, 2.45) is 5.73 Å². The Kier molecular flexibility index (Phi) is 16.8. The van der Waals surface area contributed by atoms with Gasteiger partial charge in [0.2, 0.25) is 0 Å². The van der Waals surface area contributed by atoms with Gasteiger partial charge in [-0.3, -0.25) is 9.69 Å². The highest BCUT2D eigenvalue weighted by molar-refractivity contribution is 5.98. The Balaban J connectivity index is 0.000000931. The number of piperazine rings is 1. The molecule has 4 N–H and O–H groups in total. The first kappa shape index (κ1) is 35.4. The fraction of sp³-hybridized carbons (Fsp3) is 0.455. The topological polar surface area (TPSA) is 104 Å². The lowest BCUT2D eigenvalue weighted by Gasteiger charge is -2.34. The zero-order valence-electron chi connectivity index (χ0n) is 26.3. The highest BCUT2D eigenvalue weighted by Crippen LogP contribution is 2.29. The molecule has 0 saturated carbocycles. The third-order valence-electron chi connectivity index (χ3n) is 6.76. The van der Waals surface area contributed by atoms with Crippen molar-refractivity contribution in [2.75, 3.05) is 51.7 Å². The number of hydrogen-bond acceptors (Lipinski definition) is 7. The number of hydrogen-bond donors (Lipinski definition) is 3. The fourth-order valence-corrected chi connectivity index (χ4v) is 3.95. The molecular weight excluding hydrogens is 514 g/mol. The van der Waals surface area contributed by atoms with E-state index in [0.717, 1.165) is 54.3 Å². The van der Waals surface area contributed by atoms with Crippen LogP contribution in [-0.4, -0.2) is 72.2 Å². The van der Waals surface area contributed by atoms with Crippen LogP contribution in [-0.2, 0) is 11.2 Å². The quantitative estimate of drug-likeness (QED) is 0.245. The lowest BCUT2D eigenvalue weighted by Crippen LogP contribution is -2.49. The minimum Gasteiger partial charge on any atom is -0.507 e. The number of ether oxygens (including phenoxy) is 1. The number of phenols is 1. The van der Waals surface area contributed by atoms with Crippen LogP contribution in [0.3, 0.4) is 0 Å². The number of amides is 1. The highest BCUT2D eigenvalue weighted by Gasteiger charge is 2.24. The summed E-state index contributed by atoms with van der Waals surface area (Å²) >= 11 is 0. The number of allylic oxidation sites excluding steroid dienone is 5. The Bertz CT molecular complexity index is 1170. The van der Waals surface area contributed by atoms with Crippen molar-refractivity contribution >= 4 is 11.7 Å². The number of carbonyl (C=O) groups excluding carboxylic acids is 1. The maximum absolute atomic E-state index is 13.1. The second-order valence-corrected chi connectivity index (χ2v) is 9.35. The Labute approximate surface area is 247 Å². The number of nitrogens with one attached hydrogen (secondary N) is 1. The molecule has 1 saturated heterocycles. The first-order chi connectivity index (χ1) is 19.8. The van der Waals surface area contributed by atoms with Crippen molar-refractivity contribution in [2.45, 2.75) is 54.9 Å². The third kappa shape index (κ3) is 11.4. The Morgan fingerprint density at radius 1 is 1.10 bits per heavy atom. The van der Waals surface area contributed by atoms with Crippen molar-refractivity contribution in [3.05, 3.63) is 77.3 Å². The number of aryl methyl sites for hydroxylation is 1. The van der Waals surface area contributed by atoms with Crippen LogP contribution in [0, 0.1) is 0 Å². The third-order valence-corrected chi connectivity index (χ3v) is 6.76. The normalized spacial score (nSPS) is 14.1. The second-order valence-electron chi connectivity index (χ2n) is 9.35. The number of methoxy groups -OCH3 is 1. The molecule has 0 atom stereocenters. The van der Waals surface area contributed by atoms with E-state index in [4.69, 9.17) is 10.5 Å². The molecule has 3 rings (SSSR count). The molecule has 0 aliphatic carbocycles. The van der Waals surface area contributed by atoms with Gasteiger partial charge in [0.05, 0.1) is 18.4 Å². The number of anilines is 1. The van der Waals surface area contributed by atoms with Crippen molar-refractivity contribution in [1.82, 2.24) is 14.8 Å². The average Bonchev–Trinajstić information content (AvgIpc) is 3.02. The van der Waals surface area contributed by atoms with Crippen molar-refractivity contribution < 1.29 is 14.6 Å². The van der Waals surface area contributed by atoms with E-state index in [0.29, 0.717) is 25.2 Å². The van der Waals surface area contributed by atoms with Crippen LogP contribution >= 0.6 is 0 Å². The van der Waals surface area contributed by atoms with Crippen LogP contribution in [0.4, 0.5) is 5.82 Å². The van der Waals surface area contributed by atoms with E-state index in [9.17, 15) is 9.90 Å². The number of carbonyl (C=O) groups is 1. The van der Waals surface area contributed by atoms with Crippen molar-refractivity contribution in [3.8, 4) is 16.9 Å². The summed E-state index contributed by atoms with van der Waals surface area (Å²) in [4.78, 5) is 21.8. The maximum Gasteiger partial charge on any atom is 0.257 e. The molecule has 1 aromatic heterocycles. The lowest BCUT2D eigenvalue weighted by molar-refractivity contribution is 0.0638. The smallest absolute Gasteiger partial charge is 0.257 e. The number of nitrogens with two attached hydrogens (primary N) is 1. The molecule has 8 nitrogen and oxygen atoms in total. The Morgan fingerprint density at radius 2 is 1.78 bits per heavy atom. The van der Waals surface area contributed by atoms with E-state index >= 15 is 0 Å². The number of phenolic OH excluding ortho intramolecular Hbond substituents is 1. The van der Waals surface area contributed by atoms with Crippen LogP contribution in [0.15, 0.2) is 66.2 Å². The van der Waals surface area contributed by atoms with Gasteiger partial charge in [-0.05, 0) is 69.5 Å². The molecule has 2 heterocycles. The maximum atomic E-state index is 13.1. The summed E-state index contributed by atoms with van der Waals surface area (Å²) in [5, 5.41) is 13.7. The van der Waals surface area contributed by atoms with Gasteiger partial charge in [0.15, 0.2) is 0 Å². The van der Waals surface area contributed by atoms with Crippen LogP contribution in [0.1, 0.15) is 64.4 Å². The Morgan fingerprint density at radius 3 is 2.32 bits per heavy atom. The summed E-state index contributed by atoms with van der Waals surface area (Å²) in [7, 11) is 1.66.